The van der Waals surface area contributed by atoms with Crippen LogP contribution >= 0.6 is 11.6 Å². The maximum atomic E-state index is 13.6. The van der Waals surface area contributed by atoms with Crippen LogP contribution in [0.4, 0.5) is 10.1 Å². The Bertz CT molecular complexity index is 1760. The van der Waals surface area contributed by atoms with Crippen LogP contribution in [-0.4, -0.2) is 30.4 Å². The fourth-order valence-electron chi connectivity index (χ4n) is 4.69. The molecule has 1 amide bonds. The van der Waals surface area contributed by atoms with Crippen molar-refractivity contribution in [3.05, 3.63) is 100 Å². The van der Waals surface area contributed by atoms with Crippen molar-refractivity contribution in [2.75, 3.05) is 5.32 Å². The molecule has 1 aliphatic heterocycles. The normalized spacial score (nSPS) is 13.9. The third-order valence-corrected chi connectivity index (χ3v) is 8.75. The van der Waals surface area contributed by atoms with Crippen molar-refractivity contribution in [1.29, 1.82) is 0 Å². The van der Waals surface area contributed by atoms with Crippen LogP contribution in [0.2, 0.25) is 5.02 Å². The molecule has 0 saturated heterocycles. The van der Waals surface area contributed by atoms with Crippen molar-refractivity contribution in [2.24, 2.45) is 0 Å². The predicted molar refractivity (Wildman–Crippen MR) is 147 cm³/mol. The fraction of sp³-hybridized carbons (Fsp3) is 0.103. The van der Waals surface area contributed by atoms with Crippen molar-refractivity contribution < 1.29 is 27.5 Å². The Hall–Kier alpha value is -4.21. The van der Waals surface area contributed by atoms with Gasteiger partial charge in [-0.15, -0.1) is 0 Å². The Balaban J connectivity index is 1.60. The standard InChI is InChI=1S/C29H22ClFN2O5S/c1-16-28(39(37,38)21-9-5-19(30)6-10-21)23(12-13-27(34)35)26(32-16)15-24-22-11-4-18(14-25(22)33-29(24)36)17-2-7-20(31)8-3-17/h2-11,14-15,32H,12-13H2,1H3,(H,33,36)(H,34,35)/b24-15-. The van der Waals surface area contributed by atoms with E-state index >= 15 is 0 Å². The topological polar surface area (TPSA) is 116 Å². The van der Waals surface area contributed by atoms with Crippen LogP contribution in [0.3, 0.4) is 0 Å². The van der Waals surface area contributed by atoms with Crippen LogP contribution in [0, 0.1) is 12.7 Å². The number of aromatic amines is 1. The number of halogens is 2. The van der Waals surface area contributed by atoms with Gasteiger partial charge in [0, 0.05) is 34.1 Å². The van der Waals surface area contributed by atoms with Crippen molar-refractivity contribution in [2.45, 2.75) is 29.6 Å². The van der Waals surface area contributed by atoms with E-state index in [1.807, 2.05) is 6.07 Å². The van der Waals surface area contributed by atoms with E-state index in [0.29, 0.717) is 33.2 Å². The summed E-state index contributed by atoms with van der Waals surface area (Å²) in [5.41, 5.74) is 3.94. The number of benzene rings is 3. The zero-order valence-corrected chi connectivity index (χ0v) is 22.2. The molecule has 7 nitrogen and oxygen atoms in total. The van der Waals surface area contributed by atoms with Gasteiger partial charge in [0.25, 0.3) is 5.91 Å². The van der Waals surface area contributed by atoms with Gasteiger partial charge in [-0.1, -0.05) is 35.9 Å². The molecule has 0 fully saturated rings. The molecule has 1 aliphatic rings. The molecule has 0 saturated carbocycles. The number of carboxylic acids is 1. The number of H-pyrrole nitrogens is 1. The fourth-order valence-corrected chi connectivity index (χ4v) is 6.53. The number of hydrogen-bond donors (Lipinski definition) is 3. The van der Waals surface area contributed by atoms with E-state index in [0.717, 1.165) is 11.1 Å². The van der Waals surface area contributed by atoms with E-state index in [1.165, 1.54) is 36.4 Å². The van der Waals surface area contributed by atoms with Crippen molar-refractivity contribution >= 4 is 50.7 Å². The number of sulfone groups is 1. The van der Waals surface area contributed by atoms with Crippen LogP contribution in [-0.2, 0) is 25.8 Å². The lowest BCUT2D eigenvalue weighted by atomic mass is 9.99. The van der Waals surface area contributed by atoms with Gasteiger partial charge in [0.1, 0.15) is 5.82 Å². The predicted octanol–water partition coefficient (Wildman–Crippen LogP) is 6.13. The Labute approximate surface area is 228 Å². The molecule has 3 N–H and O–H groups in total. The number of carbonyl (C=O) groups is 2. The highest BCUT2D eigenvalue weighted by Crippen LogP contribution is 2.38. The number of rotatable bonds is 7. The van der Waals surface area contributed by atoms with Gasteiger partial charge in [-0.3, -0.25) is 9.59 Å². The molecule has 0 bridgehead atoms. The lowest BCUT2D eigenvalue weighted by Crippen LogP contribution is -2.08. The molecule has 0 spiro atoms. The van der Waals surface area contributed by atoms with Gasteiger partial charge in [-0.05, 0) is 78.6 Å². The Morgan fingerprint density at radius 1 is 1.03 bits per heavy atom. The number of carboxylic acid groups (broad SMARTS) is 1. The van der Waals surface area contributed by atoms with Crippen LogP contribution in [0.5, 0.6) is 0 Å². The number of aryl methyl sites for hydroxylation is 1. The number of hydrogen-bond acceptors (Lipinski definition) is 4. The summed E-state index contributed by atoms with van der Waals surface area (Å²) in [5, 5.41) is 12.5. The number of carbonyl (C=O) groups excluding carboxylic acids is 1. The van der Waals surface area contributed by atoms with Gasteiger partial charge >= 0.3 is 5.97 Å². The summed E-state index contributed by atoms with van der Waals surface area (Å²) < 4.78 is 40.5. The molecule has 0 unspecified atom stereocenters. The summed E-state index contributed by atoms with van der Waals surface area (Å²) in [6.07, 6.45) is 1.17. The summed E-state index contributed by atoms with van der Waals surface area (Å²) in [4.78, 5) is 27.4. The summed E-state index contributed by atoms with van der Waals surface area (Å²) in [5.74, 6) is -1.82. The lowest BCUT2D eigenvalue weighted by molar-refractivity contribution is -0.137. The molecule has 0 aliphatic carbocycles. The van der Waals surface area contributed by atoms with Crippen molar-refractivity contribution in [3.8, 4) is 11.1 Å². The SMILES string of the molecule is Cc1[nH]c(/C=C2\C(=O)Nc3cc(-c4ccc(F)cc4)ccc32)c(CCC(=O)O)c1S(=O)(=O)c1ccc(Cl)cc1. The largest absolute Gasteiger partial charge is 0.481 e. The molecule has 2 heterocycles. The van der Waals surface area contributed by atoms with Crippen LogP contribution in [0.1, 0.15) is 28.9 Å². The lowest BCUT2D eigenvalue weighted by Gasteiger charge is -2.08. The monoisotopic (exact) mass is 564 g/mol. The second kappa shape index (κ2) is 10.2. The van der Waals surface area contributed by atoms with Gasteiger partial charge in [0.05, 0.1) is 15.4 Å². The third-order valence-electron chi connectivity index (χ3n) is 6.51. The van der Waals surface area contributed by atoms with E-state index < -0.39 is 15.8 Å². The molecular formula is C29H22ClFN2O5S. The highest BCUT2D eigenvalue weighted by Gasteiger charge is 2.30. The average Bonchev–Trinajstić information content (AvgIpc) is 3.38. The van der Waals surface area contributed by atoms with Crippen LogP contribution in [0.15, 0.2) is 76.5 Å². The van der Waals surface area contributed by atoms with E-state index in [1.54, 1.807) is 37.3 Å². The smallest absolute Gasteiger partial charge is 0.303 e. The van der Waals surface area contributed by atoms with E-state index in [4.69, 9.17) is 11.6 Å². The molecule has 0 radical (unpaired) electrons. The first-order valence-electron chi connectivity index (χ1n) is 11.9. The zero-order chi connectivity index (χ0) is 27.9. The maximum Gasteiger partial charge on any atom is 0.303 e. The number of aromatic nitrogens is 1. The quantitative estimate of drug-likeness (QED) is 0.234. The van der Waals surface area contributed by atoms with Crippen molar-refractivity contribution in [1.82, 2.24) is 4.98 Å². The highest BCUT2D eigenvalue weighted by atomic mass is 35.5. The number of nitrogens with one attached hydrogen (secondary N) is 2. The highest BCUT2D eigenvalue weighted by molar-refractivity contribution is 7.91. The summed E-state index contributed by atoms with van der Waals surface area (Å²) >= 11 is 5.93. The Kier molecular flexibility index (Phi) is 6.88. The molecular weight excluding hydrogens is 543 g/mol. The van der Waals surface area contributed by atoms with Gasteiger partial charge in [-0.2, -0.15) is 0 Å². The van der Waals surface area contributed by atoms with E-state index in [2.05, 4.69) is 10.3 Å². The molecule has 198 valence electrons. The number of anilines is 1. The number of amides is 1. The first-order chi connectivity index (χ1) is 18.5. The van der Waals surface area contributed by atoms with Gasteiger partial charge in [0.2, 0.25) is 9.84 Å². The third kappa shape index (κ3) is 5.10. The van der Waals surface area contributed by atoms with Gasteiger partial charge in [0.15, 0.2) is 0 Å². The van der Waals surface area contributed by atoms with Crippen LogP contribution < -0.4 is 5.32 Å². The van der Waals surface area contributed by atoms with E-state index in [9.17, 15) is 27.5 Å². The minimum absolute atomic E-state index is 0.0158. The molecule has 4 aromatic rings. The maximum absolute atomic E-state index is 13.6. The number of fused-ring (bicyclic) bond motifs is 1. The van der Waals surface area contributed by atoms with Crippen LogP contribution in [0.25, 0.3) is 22.8 Å². The zero-order valence-electron chi connectivity index (χ0n) is 20.6. The second-order valence-corrected chi connectivity index (χ2v) is 11.4. The van der Waals surface area contributed by atoms with Gasteiger partial charge < -0.3 is 15.4 Å². The summed E-state index contributed by atoms with van der Waals surface area (Å²) in [7, 11) is -4.03. The molecule has 0 atom stereocenters. The molecule has 10 heteroatoms. The minimum atomic E-state index is -4.03. The first kappa shape index (κ1) is 26.4. The number of aliphatic carboxylic acids is 1. The second-order valence-electron chi connectivity index (χ2n) is 9.10. The van der Waals surface area contributed by atoms with Crippen molar-refractivity contribution in [3.63, 3.8) is 0 Å². The Morgan fingerprint density at radius 3 is 2.36 bits per heavy atom. The molecule has 39 heavy (non-hydrogen) atoms. The average molecular weight is 565 g/mol. The van der Waals surface area contributed by atoms with Gasteiger partial charge in [-0.25, -0.2) is 12.8 Å². The summed E-state index contributed by atoms with van der Waals surface area (Å²) in [6.45, 7) is 1.59. The first-order valence-corrected chi connectivity index (χ1v) is 13.8. The summed E-state index contributed by atoms with van der Waals surface area (Å²) in [6, 6.07) is 17.1. The molecule has 1 aromatic heterocycles. The minimum Gasteiger partial charge on any atom is -0.481 e. The van der Waals surface area contributed by atoms with E-state index in [-0.39, 0.29) is 39.9 Å². The molecule has 5 rings (SSSR count). The Morgan fingerprint density at radius 2 is 1.69 bits per heavy atom. The molecule has 3 aromatic carbocycles.